The van der Waals surface area contributed by atoms with Gasteiger partial charge in [-0.1, -0.05) is 24.3 Å². The molecule has 0 radical (unpaired) electrons. The second-order valence-electron chi connectivity index (χ2n) is 6.47. The van der Waals surface area contributed by atoms with E-state index in [0.717, 1.165) is 39.5 Å². The second kappa shape index (κ2) is 5.50. The van der Waals surface area contributed by atoms with Gasteiger partial charge in [0.25, 0.3) is 0 Å². The van der Waals surface area contributed by atoms with E-state index in [1.165, 1.54) is 0 Å². The number of nitrogens with one attached hydrogen (secondary N) is 1. The van der Waals surface area contributed by atoms with Gasteiger partial charge >= 0.3 is 0 Å². The Morgan fingerprint density at radius 1 is 1.04 bits per heavy atom. The molecular formula is C20H21N5. The van der Waals surface area contributed by atoms with Gasteiger partial charge in [-0.2, -0.15) is 0 Å². The molecular weight excluding hydrogens is 310 g/mol. The Bertz CT molecular complexity index is 937. The summed E-state index contributed by atoms with van der Waals surface area (Å²) in [6.07, 6.45) is 4.50. The fourth-order valence-corrected chi connectivity index (χ4v) is 3.57. The van der Waals surface area contributed by atoms with Crippen LogP contribution in [0.4, 0.5) is 17.1 Å². The normalized spacial score (nSPS) is 21.4. The fourth-order valence-electron chi connectivity index (χ4n) is 3.57. The molecule has 25 heavy (non-hydrogen) atoms. The zero-order chi connectivity index (χ0) is 17.6. The molecule has 0 saturated carbocycles. The monoisotopic (exact) mass is 331 g/mol. The standard InChI is InChI=1S/C20H21N5/c1-24-15-6-2-12(3-7-15)20(23)16-8-4-13(21)10-18(16)25-19-11-14(22)5-9-17(19)20/h2-10,24H,11,21-23H2,1H3. The summed E-state index contributed by atoms with van der Waals surface area (Å²) in [5, 5.41) is 3.14. The maximum absolute atomic E-state index is 7.05. The Kier molecular flexibility index (Phi) is 3.40. The van der Waals surface area contributed by atoms with Gasteiger partial charge in [-0.15, -0.1) is 0 Å². The van der Waals surface area contributed by atoms with Crippen molar-refractivity contribution < 1.29 is 0 Å². The smallest absolute Gasteiger partial charge is 0.0961 e. The summed E-state index contributed by atoms with van der Waals surface area (Å²) in [6, 6.07) is 13.9. The summed E-state index contributed by atoms with van der Waals surface area (Å²) in [5.41, 5.74) is 25.4. The molecule has 5 nitrogen and oxygen atoms in total. The third kappa shape index (κ3) is 2.32. The van der Waals surface area contributed by atoms with Gasteiger partial charge in [0.05, 0.1) is 16.9 Å². The summed E-state index contributed by atoms with van der Waals surface area (Å²) in [5.74, 6) is 0. The van der Waals surface area contributed by atoms with E-state index in [0.29, 0.717) is 12.1 Å². The molecule has 1 heterocycles. The zero-order valence-corrected chi connectivity index (χ0v) is 14.1. The topological polar surface area (TPSA) is 102 Å². The number of aliphatic imine (C=N–C) groups is 1. The van der Waals surface area contributed by atoms with Gasteiger partial charge in [0.15, 0.2) is 0 Å². The van der Waals surface area contributed by atoms with Crippen LogP contribution in [0.5, 0.6) is 0 Å². The highest BCUT2D eigenvalue weighted by Gasteiger charge is 2.41. The molecule has 7 N–H and O–H groups in total. The molecule has 2 aliphatic rings. The number of allylic oxidation sites excluding steroid dienone is 3. The van der Waals surface area contributed by atoms with Crippen LogP contribution in [0.25, 0.3) is 0 Å². The zero-order valence-electron chi connectivity index (χ0n) is 14.1. The van der Waals surface area contributed by atoms with Gasteiger partial charge in [0.1, 0.15) is 0 Å². The summed E-state index contributed by atoms with van der Waals surface area (Å²) < 4.78 is 0. The van der Waals surface area contributed by atoms with Crippen molar-refractivity contribution in [1.29, 1.82) is 0 Å². The number of fused-ring (bicyclic) bond motifs is 2. The lowest BCUT2D eigenvalue weighted by Gasteiger charge is -2.39. The van der Waals surface area contributed by atoms with Gasteiger partial charge < -0.3 is 22.5 Å². The Labute approximate surface area is 146 Å². The highest BCUT2D eigenvalue weighted by atomic mass is 14.9. The number of nitrogens with two attached hydrogens (primary N) is 3. The van der Waals surface area contributed by atoms with Crippen molar-refractivity contribution in [3.05, 3.63) is 77.0 Å². The number of benzene rings is 2. The summed E-state index contributed by atoms with van der Waals surface area (Å²) in [4.78, 5) is 4.79. The van der Waals surface area contributed by atoms with Crippen molar-refractivity contribution in [2.45, 2.75) is 12.0 Å². The Balaban J connectivity index is 1.98. The van der Waals surface area contributed by atoms with Crippen LogP contribution in [0.2, 0.25) is 0 Å². The van der Waals surface area contributed by atoms with Crippen LogP contribution in [0.15, 0.2) is 70.9 Å². The molecule has 1 aliphatic heterocycles. The Morgan fingerprint density at radius 2 is 1.80 bits per heavy atom. The SMILES string of the molecule is CNc1ccc(C2(N)C3=CC=C(N)CC3=Nc3cc(N)ccc32)cc1. The van der Waals surface area contributed by atoms with Crippen molar-refractivity contribution in [1.82, 2.24) is 0 Å². The summed E-state index contributed by atoms with van der Waals surface area (Å²) in [7, 11) is 1.90. The van der Waals surface area contributed by atoms with Crippen LogP contribution in [-0.2, 0) is 5.54 Å². The van der Waals surface area contributed by atoms with Crippen molar-refractivity contribution >= 4 is 22.8 Å². The lowest BCUT2D eigenvalue weighted by atomic mass is 9.71. The minimum absolute atomic E-state index is 0.591. The summed E-state index contributed by atoms with van der Waals surface area (Å²) >= 11 is 0. The maximum atomic E-state index is 7.05. The molecule has 126 valence electrons. The molecule has 5 heteroatoms. The van der Waals surface area contributed by atoms with E-state index in [4.69, 9.17) is 22.2 Å². The predicted octanol–water partition coefficient (Wildman–Crippen LogP) is 2.77. The molecule has 1 atom stereocenters. The highest BCUT2D eigenvalue weighted by Crippen LogP contribution is 2.46. The van der Waals surface area contributed by atoms with Gasteiger partial charge in [0, 0.05) is 41.7 Å². The largest absolute Gasteiger partial charge is 0.402 e. The molecule has 0 aromatic heterocycles. The van der Waals surface area contributed by atoms with Gasteiger partial charge in [-0.3, -0.25) is 4.99 Å². The number of rotatable bonds is 2. The lowest BCUT2D eigenvalue weighted by molar-refractivity contribution is 0.650. The molecule has 2 aromatic rings. The molecule has 1 unspecified atom stereocenters. The highest BCUT2D eigenvalue weighted by molar-refractivity contribution is 6.09. The van der Waals surface area contributed by atoms with Crippen molar-refractivity contribution in [2.75, 3.05) is 18.1 Å². The minimum atomic E-state index is -0.788. The Hall–Kier alpha value is -3.05. The predicted molar refractivity (Wildman–Crippen MR) is 104 cm³/mol. The molecule has 4 rings (SSSR count). The van der Waals surface area contributed by atoms with Crippen LogP contribution in [0.1, 0.15) is 17.5 Å². The molecule has 0 amide bonds. The van der Waals surface area contributed by atoms with E-state index >= 15 is 0 Å². The Morgan fingerprint density at radius 3 is 2.52 bits per heavy atom. The third-order valence-corrected chi connectivity index (χ3v) is 4.90. The molecule has 0 bridgehead atoms. The first kappa shape index (κ1) is 15.5. The van der Waals surface area contributed by atoms with E-state index in [2.05, 4.69) is 17.4 Å². The summed E-state index contributed by atoms with van der Waals surface area (Å²) in [6.45, 7) is 0. The van der Waals surface area contributed by atoms with Crippen LogP contribution in [0.3, 0.4) is 0 Å². The van der Waals surface area contributed by atoms with Crippen LogP contribution in [0, 0.1) is 0 Å². The average molecular weight is 331 g/mol. The molecule has 2 aromatic carbocycles. The number of hydrogen-bond acceptors (Lipinski definition) is 5. The van der Waals surface area contributed by atoms with Crippen molar-refractivity contribution in [3.63, 3.8) is 0 Å². The van der Waals surface area contributed by atoms with E-state index in [-0.39, 0.29) is 0 Å². The third-order valence-electron chi connectivity index (χ3n) is 4.90. The van der Waals surface area contributed by atoms with E-state index in [1.807, 2.05) is 49.5 Å². The van der Waals surface area contributed by atoms with Crippen LogP contribution in [-0.4, -0.2) is 12.8 Å². The molecule has 0 spiro atoms. The number of nitrogens with zero attached hydrogens (tertiary/aromatic N) is 1. The maximum Gasteiger partial charge on any atom is 0.0961 e. The second-order valence-corrected chi connectivity index (χ2v) is 6.47. The van der Waals surface area contributed by atoms with Gasteiger partial charge in [0.2, 0.25) is 0 Å². The van der Waals surface area contributed by atoms with Crippen molar-refractivity contribution in [2.24, 2.45) is 16.5 Å². The first-order valence-electron chi connectivity index (χ1n) is 8.24. The van der Waals surface area contributed by atoms with E-state index < -0.39 is 5.54 Å². The number of anilines is 2. The fraction of sp³-hybridized carbons (Fsp3) is 0.150. The van der Waals surface area contributed by atoms with Crippen LogP contribution >= 0.6 is 0 Å². The van der Waals surface area contributed by atoms with E-state index in [9.17, 15) is 0 Å². The molecule has 0 saturated heterocycles. The molecule has 1 aliphatic carbocycles. The quantitative estimate of drug-likeness (QED) is 0.635. The average Bonchev–Trinajstić information content (AvgIpc) is 2.61. The van der Waals surface area contributed by atoms with Crippen LogP contribution < -0.4 is 22.5 Å². The van der Waals surface area contributed by atoms with Gasteiger partial charge in [-0.05, 0) is 35.9 Å². The van der Waals surface area contributed by atoms with Gasteiger partial charge in [-0.25, -0.2) is 0 Å². The minimum Gasteiger partial charge on any atom is -0.402 e. The van der Waals surface area contributed by atoms with E-state index in [1.54, 1.807) is 0 Å². The van der Waals surface area contributed by atoms with Crippen molar-refractivity contribution in [3.8, 4) is 0 Å². The lowest BCUT2D eigenvalue weighted by Crippen LogP contribution is -2.45. The number of hydrogen-bond donors (Lipinski definition) is 4. The number of nitrogen functional groups attached to an aromatic ring is 1. The first-order chi connectivity index (χ1) is 12.0. The molecule has 0 fully saturated rings. The first-order valence-corrected chi connectivity index (χ1v) is 8.24.